The molecule has 5 heterocycles. The number of nitrogens with one attached hydrogen (secondary N) is 1. The lowest BCUT2D eigenvalue weighted by atomic mass is 9.81. The van der Waals surface area contributed by atoms with E-state index >= 15 is 0 Å². The highest BCUT2D eigenvalue weighted by atomic mass is 19.2. The van der Waals surface area contributed by atoms with Crippen LogP contribution in [0.3, 0.4) is 0 Å². The number of hydrogen-bond donors (Lipinski definition) is 1. The lowest BCUT2D eigenvalue weighted by Crippen LogP contribution is -2.51. The third-order valence-electron chi connectivity index (χ3n) is 7.81. The lowest BCUT2D eigenvalue weighted by Gasteiger charge is -2.39. The molecule has 1 aromatic heterocycles. The van der Waals surface area contributed by atoms with Gasteiger partial charge in [0.2, 0.25) is 0 Å². The van der Waals surface area contributed by atoms with Gasteiger partial charge >= 0.3 is 0 Å². The zero-order valence-electron chi connectivity index (χ0n) is 19.6. The minimum Gasteiger partial charge on any atom is -0.370 e. The summed E-state index contributed by atoms with van der Waals surface area (Å²) in [7, 11) is 1.75. The summed E-state index contributed by atoms with van der Waals surface area (Å²) in [6.07, 6.45) is 9.17. The van der Waals surface area contributed by atoms with Gasteiger partial charge in [-0.2, -0.15) is 0 Å². The van der Waals surface area contributed by atoms with Crippen molar-refractivity contribution in [1.82, 2.24) is 20.3 Å². The summed E-state index contributed by atoms with van der Waals surface area (Å²) in [4.78, 5) is 20.5. The van der Waals surface area contributed by atoms with Crippen molar-refractivity contribution in [2.45, 2.75) is 56.7 Å². The number of halogens is 3. The average Bonchev–Trinajstić information content (AvgIpc) is 3.49. The molecule has 2 aromatic rings. The molecule has 0 radical (unpaired) electrons. The Balaban J connectivity index is 1.42. The van der Waals surface area contributed by atoms with Crippen molar-refractivity contribution < 1.29 is 18.0 Å². The fourth-order valence-electron chi connectivity index (χ4n) is 6.25. The summed E-state index contributed by atoms with van der Waals surface area (Å²) >= 11 is 0. The molecular formula is C26H28F3N5O. The minimum atomic E-state index is -1.48. The van der Waals surface area contributed by atoms with Gasteiger partial charge < -0.3 is 10.2 Å². The molecule has 9 heteroatoms. The van der Waals surface area contributed by atoms with Crippen LogP contribution in [0.2, 0.25) is 0 Å². The maximum Gasteiger partial charge on any atom is 0.274 e. The molecular weight excluding hydrogens is 455 g/mol. The zero-order chi connectivity index (χ0) is 24.3. The number of fused-ring (bicyclic) bond motifs is 3. The van der Waals surface area contributed by atoms with E-state index in [4.69, 9.17) is 0 Å². The van der Waals surface area contributed by atoms with Gasteiger partial charge in [-0.15, -0.1) is 0 Å². The van der Waals surface area contributed by atoms with Crippen LogP contribution in [0.1, 0.15) is 60.5 Å². The molecule has 1 amide bonds. The first-order valence-electron chi connectivity index (χ1n) is 12.3. The van der Waals surface area contributed by atoms with Gasteiger partial charge in [0.25, 0.3) is 5.91 Å². The molecule has 1 unspecified atom stereocenters. The third-order valence-corrected chi connectivity index (χ3v) is 7.81. The van der Waals surface area contributed by atoms with Gasteiger partial charge in [0.1, 0.15) is 0 Å². The van der Waals surface area contributed by atoms with Crippen LogP contribution in [-0.4, -0.2) is 53.1 Å². The molecule has 2 bridgehead atoms. The van der Waals surface area contributed by atoms with Crippen LogP contribution >= 0.6 is 0 Å². The summed E-state index contributed by atoms with van der Waals surface area (Å²) in [5.41, 5.74) is 3.49. The largest absolute Gasteiger partial charge is 0.370 e. The molecule has 4 aliphatic rings. The van der Waals surface area contributed by atoms with Crippen molar-refractivity contribution in [3.8, 4) is 0 Å². The first kappa shape index (κ1) is 22.5. The third kappa shape index (κ3) is 3.72. The van der Waals surface area contributed by atoms with E-state index in [9.17, 15) is 18.0 Å². The second-order valence-corrected chi connectivity index (χ2v) is 9.98. The number of aromatic nitrogens is 1. The minimum absolute atomic E-state index is 0.0289. The van der Waals surface area contributed by atoms with Crippen LogP contribution in [-0.2, 0) is 0 Å². The molecule has 0 saturated carbocycles. The SMILES string of the molecule is CN1C(c2cc(F)c(F)c(F)c2)C2=C([C@@H]3CCC[C@H](C2)N3)N1C(=O)c1cncc(N2CCCC2)c1. The molecule has 2 saturated heterocycles. The van der Waals surface area contributed by atoms with Crippen molar-refractivity contribution in [2.24, 2.45) is 0 Å². The number of carbonyl (C=O) groups excluding carboxylic acids is 1. The smallest absolute Gasteiger partial charge is 0.274 e. The van der Waals surface area contributed by atoms with Crippen molar-refractivity contribution >= 4 is 11.6 Å². The Bertz CT molecular complexity index is 1190. The highest BCUT2D eigenvalue weighted by molar-refractivity contribution is 5.96. The number of piperidine rings is 1. The van der Waals surface area contributed by atoms with Gasteiger partial charge in [-0.1, -0.05) is 0 Å². The molecule has 3 atom stereocenters. The predicted octanol–water partition coefficient (Wildman–Crippen LogP) is 4.31. The number of amides is 1. The zero-order valence-corrected chi connectivity index (χ0v) is 19.6. The van der Waals surface area contributed by atoms with E-state index in [2.05, 4.69) is 15.2 Å². The second-order valence-electron chi connectivity index (χ2n) is 9.98. The Hall–Kier alpha value is -2.91. The maximum atomic E-state index is 14.2. The van der Waals surface area contributed by atoms with E-state index < -0.39 is 23.5 Å². The highest BCUT2D eigenvalue weighted by Gasteiger charge is 2.48. The number of carbonyl (C=O) groups is 1. The van der Waals surface area contributed by atoms with Gasteiger partial charge in [0, 0.05) is 38.4 Å². The van der Waals surface area contributed by atoms with Crippen molar-refractivity contribution in [1.29, 1.82) is 0 Å². The van der Waals surface area contributed by atoms with Gasteiger partial charge in [-0.25, -0.2) is 23.2 Å². The molecule has 4 aliphatic heterocycles. The predicted molar refractivity (Wildman–Crippen MR) is 125 cm³/mol. The number of anilines is 1. The number of benzene rings is 1. The summed E-state index contributed by atoms with van der Waals surface area (Å²) in [6.45, 7) is 1.88. The molecule has 0 spiro atoms. The van der Waals surface area contributed by atoms with Crippen LogP contribution in [0.4, 0.5) is 18.9 Å². The van der Waals surface area contributed by atoms with Crippen molar-refractivity contribution in [3.05, 3.63) is 70.4 Å². The van der Waals surface area contributed by atoms with Crippen LogP contribution in [0.25, 0.3) is 0 Å². The number of pyridine rings is 1. The molecule has 35 heavy (non-hydrogen) atoms. The molecule has 1 N–H and O–H groups in total. The fourth-order valence-corrected chi connectivity index (χ4v) is 6.25. The molecule has 184 valence electrons. The van der Waals surface area contributed by atoms with Gasteiger partial charge in [-0.3, -0.25) is 9.78 Å². The normalized spacial score (nSPS) is 26.5. The molecule has 1 aromatic carbocycles. The first-order valence-corrected chi connectivity index (χ1v) is 12.3. The Kier molecular flexibility index (Phi) is 5.56. The number of hydrogen-bond acceptors (Lipinski definition) is 5. The quantitative estimate of drug-likeness (QED) is 0.660. The fraction of sp³-hybridized carbons (Fsp3) is 0.462. The molecule has 6 nitrogen and oxygen atoms in total. The van der Waals surface area contributed by atoms with E-state index in [1.165, 1.54) is 0 Å². The molecule has 2 fully saturated rings. The summed E-state index contributed by atoms with van der Waals surface area (Å²) in [6, 6.07) is 3.63. The summed E-state index contributed by atoms with van der Waals surface area (Å²) in [5, 5.41) is 7.01. The van der Waals surface area contributed by atoms with E-state index in [-0.39, 0.29) is 18.0 Å². The number of rotatable bonds is 3. The maximum absolute atomic E-state index is 14.2. The number of nitrogens with zero attached hydrogens (tertiary/aromatic N) is 4. The Morgan fingerprint density at radius 1 is 1.03 bits per heavy atom. The Morgan fingerprint density at radius 2 is 1.77 bits per heavy atom. The Labute approximate surface area is 202 Å². The van der Waals surface area contributed by atoms with E-state index in [1.54, 1.807) is 29.5 Å². The van der Waals surface area contributed by atoms with Crippen LogP contribution in [0.5, 0.6) is 0 Å². The molecule has 6 rings (SSSR count). The monoisotopic (exact) mass is 483 g/mol. The number of hydrazine groups is 1. The number of likely N-dealkylation sites (N-methyl/N-ethyl adjacent to an activating group) is 1. The van der Waals surface area contributed by atoms with Gasteiger partial charge in [-0.05, 0) is 67.9 Å². The van der Waals surface area contributed by atoms with Crippen LogP contribution in [0.15, 0.2) is 41.9 Å². The lowest BCUT2D eigenvalue weighted by molar-refractivity contribution is 0.0209. The Morgan fingerprint density at radius 3 is 2.51 bits per heavy atom. The van der Waals surface area contributed by atoms with Gasteiger partial charge in [0.15, 0.2) is 17.5 Å². The summed E-state index contributed by atoms with van der Waals surface area (Å²) in [5.74, 6) is -4.16. The van der Waals surface area contributed by atoms with E-state index in [0.29, 0.717) is 17.5 Å². The average molecular weight is 484 g/mol. The van der Waals surface area contributed by atoms with Crippen molar-refractivity contribution in [2.75, 3.05) is 25.0 Å². The topological polar surface area (TPSA) is 51.7 Å². The van der Waals surface area contributed by atoms with Crippen LogP contribution in [0, 0.1) is 17.5 Å². The van der Waals surface area contributed by atoms with Gasteiger partial charge in [0.05, 0.1) is 29.2 Å². The summed E-state index contributed by atoms with van der Waals surface area (Å²) < 4.78 is 42.2. The first-order chi connectivity index (χ1) is 16.9. The standard InChI is InChI=1S/C26H28F3N5O/c1-32-24(15-10-20(27)23(29)21(28)11-15)19-12-17-5-4-6-22(31-17)25(19)34(32)26(35)16-9-18(14-30-13-16)33-7-2-3-8-33/h9-11,13-14,17,22,24,31H,2-8,12H2,1H3/t17-,22+,24?/m1/s1. The molecule has 0 aliphatic carbocycles. The van der Waals surface area contributed by atoms with Crippen LogP contribution < -0.4 is 10.2 Å². The van der Waals surface area contributed by atoms with E-state index in [0.717, 1.165) is 74.3 Å². The van der Waals surface area contributed by atoms with Crippen molar-refractivity contribution in [3.63, 3.8) is 0 Å². The highest BCUT2D eigenvalue weighted by Crippen LogP contribution is 2.47. The van der Waals surface area contributed by atoms with E-state index in [1.807, 2.05) is 6.07 Å². The second kappa shape index (κ2) is 8.64.